The molecule has 0 N–H and O–H groups in total. The number of hydrogen-bond donors (Lipinski definition) is 0. The van der Waals surface area contributed by atoms with Crippen molar-refractivity contribution >= 4 is 28.7 Å². The van der Waals surface area contributed by atoms with Gasteiger partial charge in [-0.2, -0.15) is 0 Å². The van der Waals surface area contributed by atoms with Crippen LogP contribution >= 0.6 is 22.9 Å². The van der Waals surface area contributed by atoms with Crippen LogP contribution in [0.25, 0.3) is 0 Å². The van der Waals surface area contributed by atoms with Gasteiger partial charge in [0.15, 0.2) is 0 Å². The predicted molar refractivity (Wildman–Crippen MR) is 72.5 cm³/mol. The first-order chi connectivity index (χ1) is 8.75. The molecule has 1 aliphatic rings. The molecule has 0 saturated carbocycles. The molecule has 0 fully saturated rings. The molecule has 0 aliphatic carbocycles. The molecule has 18 heavy (non-hydrogen) atoms. The minimum absolute atomic E-state index is 0.000880. The third-order valence-electron chi connectivity index (χ3n) is 3.05. The fraction of sp³-hybridized carbons (Fsp3) is 0.214. The van der Waals surface area contributed by atoms with E-state index in [1.165, 1.54) is 16.9 Å². The second-order valence-corrected chi connectivity index (χ2v) is 5.88. The van der Waals surface area contributed by atoms with E-state index in [4.69, 9.17) is 16.3 Å². The third kappa shape index (κ3) is 2.09. The van der Waals surface area contributed by atoms with E-state index in [1.54, 1.807) is 12.1 Å². The highest BCUT2D eigenvalue weighted by Gasteiger charge is 2.28. The summed E-state index contributed by atoms with van der Waals surface area (Å²) in [6.45, 7) is 0.590. The van der Waals surface area contributed by atoms with Crippen LogP contribution in [0, 0.1) is 0 Å². The standard InChI is InChI=1S/C14H11ClO2S/c15-12-6-5-11(18-12)13(16)14-10-4-2-1-3-9(10)7-8-17-14/h1-6,14H,7-8H2. The van der Waals surface area contributed by atoms with Gasteiger partial charge in [-0.3, -0.25) is 4.79 Å². The van der Waals surface area contributed by atoms with Gasteiger partial charge >= 0.3 is 0 Å². The zero-order valence-electron chi connectivity index (χ0n) is 9.56. The van der Waals surface area contributed by atoms with E-state index in [2.05, 4.69) is 6.07 Å². The maximum absolute atomic E-state index is 12.4. The topological polar surface area (TPSA) is 26.3 Å². The van der Waals surface area contributed by atoms with Gasteiger partial charge < -0.3 is 4.74 Å². The van der Waals surface area contributed by atoms with Crippen molar-refractivity contribution in [2.24, 2.45) is 0 Å². The molecule has 2 aromatic rings. The van der Waals surface area contributed by atoms with Crippen LogP contribution in [-0.4, -0.2) is 12.4 Å². The Bertz CT molecular complexity index is 591. The third-order valence-corrected chi connectivity index (χ3v) is 4.29. The second kappa shape index (κ2) is 4.84. The van der Waals surface area contributed by atoms with Crippen molar-refractivity contribution in [3.63, 3.8) is 0 Å². The zero-order chi connectivity index (χ0) is 12.5. The number of carbonyl (C=O) groups is 1. The maximum Gasteiger partial charge on any atom is 0.206 e. The number of rotatable bonds is 2. The minimum Gasteiger partial charge on any atom is -0.365 e. The normalized spacial score (nSPS) is 18.4. The lowest BCUT2D eigenvalue weighted by atomic mass is 9.95. The number of hydrogen-bond acceptors (Lipinski definition) is 3. The molecule has 1 aromatic carbocycles. The SMILES string of the molecule is O=C(c1ccc(Cl)s1)C1OCCc2ccccc21. The Morgan fingerprint density at radius 2 is 2.11 bits per heavy atom. The molecule has 2 heterocycles. The molecule has 0 saturated heterocycles. The average Bonchev–Trinajstić information content (AvgIpc) is 2.84. The molecule has 2 nitrogen and oxygen atoms in total. The van der Waals surface area contributed by atoms with Crippen LogP contribution in [-0.2, 0) is 11.2 Å². The number of carbonyl (C=O) groups excluding carboxylic acids is 1. The van der Waals surface area contributed by atoms with Crippen LogP contribution < -0.4 is 0 Å². The molecule has 92 valence electrons. The van der Waals surface area contributed by atoms with Crippen molar-refractivity contribution in [1.82, 2.24) is 0 Å². The van der Waals surface area contributed by atoms with Crippen molar-refractivity contribution in [1.29, 1.82) is 0 Å². The van der Waals surface area contributed by atoms with Gasteiger partial charge in [-0.15, -0.1) is 11.3 Å². The van der Waals surface area contributed by atoms with Crippen molar-refractivity contribution in [2.75, 3.05) is 6.61 Å². The fourth-order valence-corrected chi connectivity index (χ4v) is 3.19. The molecule has 1 unspecified atom stereocenters. The monoisotopic (exact) mass is 278 g/mol. The van der Waals surface area contributed by atoms with Crippen molar-refractivity contribution in [2.45, 2.75) is 12.5 Å². The summed E-state index contributed by atoms with van der Waals surface area (Å²) in [5, 5.41) is 0. The van der Waals surface area contributed by atoms with Gasteiger partial charge in [0.25, 0.3) is 0 Å². The average molecular weight is 279 g/mol. The summed E-state index contributed by atoms with van der Waals surface area (Å²) in [6, 6.07) is 11.5. The highest BCUT2D eigenvalue weighted by molar-refractivity contribution is 7.18. The predicted octanol–water partition coefficient (Wildman–Crippen LogP) is 3.90. The van der Waals surface area contributed by atoms with Gasteiger partial charge in [-0.1, -0.05) is 35.9 Å². The summed E-state index contributed by atoms with van der Waals surface area (Å²) in [7, 11) is 0. The molecule has 0 bridgehead atoms. The quantitative estimate of drug-likeness (QED) is 0.779. The number of ether oxygens (including phenoxy) is 1. The number of benzene rings is 1. The lowest BCUT2D eigenvalue weighted by Gasteiger charge is -2.24. The van der Waals surface area contributed by atoms with E-state index in [9.17, 15) is 4.79 Å². The Balaban J connectivity index is 1.96. The fourth-order valence-electron chi connectivity index (χ4n) is 2.19. The van der Waals surface area contributed by atoms with Gasteiger partial charge in [-0.25, -0.2) is 0 Å². The van der Waals surface area contributed by atoms with Gasteiger partial charge in [-0.05, 0) is 29.7 Å². The highest BCUT2D eigenvalue weighted by atomic mass is 35.5. The summed E-state index contributed by atoms with van der Waals surface area (Å²) in [6.07, 6.45) is 0.384. The summed E-state index contributed by atoms with van der Waals surface area (Å²) >= 11 is 7.17. The number of thiophene rings is 1. The smallest absolute Gasteiger partial charge is 0.206 e. The van der Waals surface area contributed by atoms with Crippen molar-refractivity contribution in [3.8, 4) is 0 Å². The van der Waals surface area contributed by atoms with Gasteiger partial charge in [0.1, 0.15) is 6.10 Å². The van der Waals surface area contributed by atoms with E-state index in [0.717, 1.165) is 12.0 Å². The molecular formula is C14H11ClO2S. The van der Waals surface area contributed by atoms with E-state index in [1.807, 2.05) is 18.2 Å². The summed E-state index contributed by atoms with van der Waals surface area (Å²) < 4.78 is 6.27. The molecule has 1 aliphatic heterocycles. The molecule has 0 radical (unpaired) electrons. The first kappa shape index (κ1) is 11.9. The Morgan fingerprint density at radius 1 is 1.28 bits per heavy atom. The maximum atomic E-state index is 12.4. The van der Waals surface area contributed by atoms with Crippen molar-refractivity contribution in [3.05, 3.63) is 56.7 Å². The van der Waals surface area contributed by atoms with Gasteiger partial charge in [0.05, 0.1) is 15.8 Å². The van der Waals surface area contributed by atoms with Gasteiger partial charge in [0, 0.05) is 0 Å². The van der Waals surface area contributed by atoms with Crippen LogP contribution in [0.4, 0.5) is 0 Å². The summed E-state index contributed by atoms with van der Waals surface area (Å²) in [4.78, 5) is 13.1. The molecular weight excluding hydrogens is 268 g/mol. The minimum atomic E-state index is -0.482. The molecule has 1 aromatic heterocycles. The van der Waals surface area contributed by atoms with Crippen LogP contribution in [0.5, 0.6) is 0 Å². The Labute approximate surface area is 114 Å². The lowest BCUT2D eigenvalue weighted by Crippen LogP contribution is -2.22. The van der Waals surface area contributed by atoms with Crippen LogP contribution in [0.2, 0.25) is 4.34 Å². The van der Waals surface area contributed by atoms with Crippen molar-refractivity contribution < 1.29 is 9.53 Å². The number of Topliss-reactive ketones (excluding diaryl/α,β-unsaturated/α-hetero) is 1. The van der Waals surface area contributed by atoms with Crippen LogP contribution in [0.3, 0.4) is 0 Å². The molecule has 3 rings (SSSR count). The number of fused-ring (bicyclic) bond motifs is 1. The second-order valence-electron chi connectivity index (χ2n) is 4.17. The Kier molecular flexibility index (Phi) is 3.20. The van der Waals surface area contributed by atoms with Crippen LogP contribution in [0.15, 0.2) is 36.4 Å². The van der Waals surface area contributed by atoms with E-state index >= 15 is 0 Å². The number of halogens is 1. The lowest BCUT2D eigenvalue weighted by molar-refractivity contribution is 0.0352. The Hall–Kier alpha value is -1.16. The summed E-state index contributed by atoms with van der Waals surface area (Å²) in [5.41, 5.74) is 2.18. The van der Waals surface area contributed by atoms with E-state index < -0.39 is 6.10 Å². The first-order valence-electron chi connectivity index (χ1n) is 5.74. The molecule has 0 amide bonds. The van der Waals surface area contributed by atoms with Crippen LogP contribution in [0.1, 0.15) is 26.9 Å². The summed E-state index contributed by atoms with van der Waals surface area (Å²) in [5.74, 6) is -0.000880. The highest BCUT2D eigenvalue weighted by Crippen LogP contribution is 2.32. The van der Waals surface area contributed by atoms with Gasteiger partial charge in [0.2, 0.25) is 5.78 Å². The number of ketones is 1. The first-order valence-corrected chi connectivity index (χ1v) is 6.94. The largest absolute Gasteiger partial charge is 0.365 e. The Morgan fingerprint density at radius 3 is 2.89 bits per heavy atom. The van der Waals surface area contributed by atoms with E-state index in [0.29, 0.717) is 15.8 Å². The van der Waals surface area contributed by atoms with E-state index in [-0.39, 0.29) is 5.78 Å². The zero-order valence-corrected chi connectivity index (χ0v) is 11.1. The molecule has 1 atom stereocenters. The molecule has 0 spiro atoms. The molecule has 4 heteroatoms.